The van der Waals surface area contributed by atoms with E-state index in [1.54, 1.807) is 0 Å². The number of amides is 3. The van der Waals surface area contributed by atoms with Crippen LogP contribution in [-0.4, -0.2) is 119 Å². The molecule has 0 saturated carbocycles. The van der Waals surface area contributed by atoms with E-state index in [1.165, 1.54) is 16.7 Å². The molecule has 5 N–H and O–H groups in total. The van der Waals surface area contributed by atoms with E-state index in [0.29, 0.717) is 25.1 Å². The fourth-order valence-electron chi connectivity index (χ4n) is 4.78. The molecule has 2 saturated heterocycles. The molecule has 0 aromatic heterocycles. The lowest BCUT2D eigenvalue weighted by atomic mass is 9.94. The molecule has 2 aliphatic heterocycles. The van der Waals surface area contributed by atoms with E-state index in [2.05, 4.69) is 15.4 Å². The summed E-state index contributed by atoms with van der Waals surface area (Å²) in [5, 5.41) is 36.3. The van der Waals surface area contributed by atoms with Gasteiger partial charge in [-0.2, -0.15) is 11.8 Å². The van der Waals surface area contributed by atoms with Crippen LogP contribution < -0.4 is 10.6 Å². The van der Waals surface area contributed by atoms with Crippen LogP contribution in [0.25, 0.3) is 0 Å². The second-order valence-corrected chi connectivity index (χ2v) is 10.9. The van der Waals surface area contributed by atoms with Crippen LogP contribution in [0.2, 0.25) is 0 Å². The maximum Gasteiger partial charge on any atom is 0.410 e. The van der Waals surface area contributed by atoms with E-state index in [0.717, 1.165) is 12.7 Å². The number of carbonyl (C=O) groups is 4. The Morgan fingerprint density at radius 3 is 2.61 bits per heavy atom. The highest BCUT2D eigenvalue weighted by Crippen LogP contribution is 2.24. The molecule has 7 atom stereocenters. The summed E-state index contributed by atoms with van der Waals surface area (Å²) in [5.74, 6) is -1.29. The molecule has 0 spiro atoms. The summed E-state index contributed by atoms with van der Waals surface area (Å²) in [5.41, 5.74) is 0.818. The number of hydrogen-bond acceptors (Lipinski definition) is 11. The first-order valence-corrected chi connectivity index (χ1v) is 14.9. The first kappa shape index (κ1) is 32.6. The lowest BCUT2D eigenvalue weighted by molar-refractivity contribution is -0.210. The van der Waals surface area contributed by atoms with Crippen molar-refractivity contribution in [2.75, 3.05) is 32.2 Å². The predicted octanol–water partition coefficient (Wildman–Crippen LogP) is -0.445. The van der Waals surface area contributed by atoms with Gasteiger partial charge in [-0.25, -0.2) is 9.59 Å². The average Bonchev–Trinajstić information content (AvgIpc) is 3.48. The molecule has 3 rings (SSSR count). The van der Waals surface area contributed by atoms with Gasteiger partial charge < -0.3 is 40.2 Å². The van der Waals surface area contributed by atoms with Crippen molar-refractivity contribution in [2.45, 2.75) is 74.9 Å². The van der Waals surface area contributed by atoms with Gasteiger partial charge in [-0.1, -0.05) is 30.3 Å². The van der Waals surface area contributed by atoms with Gasteiger partial charge in [-0.15, -0.1) is 0 Å². The molecule has 3 amide bonds. The molecule has 13 nitrogen and oxygen atoms in total. The minimum absolute atomic E-state index is 0.0718. The summed E-state index contributed by atoms with van der Waals surface area (Å²) < 4.78 is 15.5. The largest absolute Gasteiger partial charge is 0.467 e. The lowest BCUT2D eigenvalue weighted by Crippen LogP contribution is -2.58. The van der Waals surface area contributed by atoms with Crippen molar-refractivity contribution in [3.8, 4) is 0 Å². The van der Waals surface area contributed by atoms with Gasteiger partial charge in [0.1, 0.15) is 37.0 Å². The molecule has 0 bridgehead atoms. The van der Waals surface area contributed by atoms with Gasteiger partial charge >= 0.3 is 12.1 Å². The number of esters is 1. The number of likely N-dealkylation sites (tertiary alicyclic amines) is 1. The first-order chi connectivity index (χ1) is 19.7. The SMILES string of the molecule is COC(=O)[C@@H]1C[C@@H](O)[C@@H](O)[C@@H]([C@H](O)CNC(=O)[C@H](CCSC)NC(=O)[C@@H]2CCCN2C(=O)OCc2ccccc2)O1. The van der Waals surface area contributed by atoms with Crippen LogP contribution in [0, 0.1) is 0 Å². The van der Waals surface area contributed by atoms with Gasteiger partial charge in [0.2, 0.25) is 11.8 Å². The Hall–Kier alpha value is -2.91. The molecule has 0 aliphatic carbocycles. The van der Waals surface area contributed by atoms with Crippen LogP contribution in [-0.2, 0) is 35.2 Å². The smallest absolute Gasteiger partial charge is 0.410 e. The number of nitrogens with zero attached hydrogens (tertiary/aromatic N) is 1. The Morgan fingerprint density at radius 1 is 1.20 bits per heavy atom. The zero-order chi connectivity index (χ0) is 29.9. The van der Waals surface area contributed by atoms with Crippen molar-refractivity contribution < 1.29 is 48.7 Å². The van der Waals surface area contributed by atoms with Crippen molar-refractivity contribution in [1.29, 1.82) is 0 Å². The van der Waals surface area contributed by atoms with Crippen LogP contribution >= 0.6 is 11.8 Å². The van der Waals surface area contributed by atoms with Gasteiger partial charge in [0.15, 0.2) is 6.10 Å². The molecular formula is C27H39N3O10S. The summed E-state index contributed by atoms with van der Waals surface area (Å²) in [4.78, 5) is 52.2. The molecule has 1 aromatic carbocycles. The Kier molecular flexibility index (Phi) is 12.7. The lowest BCUT2D eigenvalue weighted by Gasteiger charge is -2.38. The number of benzene rings is 1. The molecule has 1 aromatic rings. The van der Waals surface area contributed by atoms with E-state index in [4.69, 9.17) is 9.47 Å². The number of carbonyl (C=O) groups excluding carboxylic acids is 4. The zero-order valence-corrected chi connectivity index (χ0v) is 24.0. The van der Waals surface area contributed by atoms with Crippen molar-refractivity contribution in [3.05, 3.63) is 35.9 Å². The van der Waals surface area contributed by atoms with Crippen molar-refractivity contribution in [3.63, 3.8) is 0 Å². The molecular weight excluding hydrogens is 558 g/mol. The quantitative estimate of drug-likeness (QED) is 0.197. The number of methoxy groups -OCH3 is 1. The van der Waals surface area contributed by atoms with E-state index >= 15 is 0 Å². The Morgan fingerprint density at radius 2 is 1.93 bits per heavy atom. The third-order valence-corrected chi connectivity index (χ3v) is 7.72. The van der Waals surface area contributed by atoms with Crippen LogP contribution in [0.15, 0.2) is 30.3 Å². The van der Waals surface area contributed by atoms with Gasteiger partial charge in [0.25, 0.3) is 0 Å². The Bertz CT molecular complexity index is 1030. The molecule has 228 valence electrons. The third-order valence-electron chi connectivity index (χ3n) is 7.08. The van der Waals surface area contributed by atoms with E-state index < -0.39 is 66.5 Å². The van der Waals surface area contributed by atoms with Crippen LogP contribution in [0.4, 0.5) is 4.79 Å². The summed E-state index contributed by atoms with van der Waals surface area (Å²) in [6.07, 6.45) is -4.52. The average molecular weight is 598 g/mol. The van der Waals surface area contributed by atoms with Gasteiger partial charge in [0.05, 0.1) is 13.2 Å². The summed E-state index contributed by atoms with van der Waals surface area (Å²) in [6, 6.07) is 7.42. The number of aliphatic hydroxyl groups excluding tert-OH is 3. The Labute approximate surface area is 242 Å². The minimum atomic E-state index is -1.50. The third kappa shape index (κ3) is 9.04. The van der Waals surface area contributed by atoms with E-state index in [9.17, 15) is 34.5 Å². The van der Waals surface area contributed by atoms with Crippen molar-refractivity contribution >= 4 is 35.6 Å². The highest BCUT2D eigenvalue weighted by atomic mass is 32.2. The zero-order valence-electron chi connectivity index (χ0n) is 23.1. The fourth-order valence-corrected chi connectivity index (χ4v) is 5.25. The second kappa shape index (κ2) is 15.9. The Balaban J connectivity index is 1.57. The number of hydrogen-bond donors (Lipinski definition) is 5. The molecule has 14 heteroatoms. The maximum absolute atomic E-state index is 13.2. The number of aliphatic hydroxyl groups is 3. The monoisotopic (exact) mass is 597 g/mol. The number of rotatable bonds is 12. The van der Waals surface area contributed by atoms with E-state index in [-0.39, 0.29) is 26.0 Å². The molecule has 41 heavy (non-hydrogen) atoms. The maximum atomic E-state index is 13.2. The second-order valence-electron chi connectivity index (χ2n) is 9.95. The number of thioether (sulfide) groups is 1. The minimum Gasteiger partial charge on any atom is -0.467 e. The summed E-state index contributed by atoms with van der Waals surface area (Å²) in [7, 11) is 1.15. The summed E-state index contributed by atoms with van der Waals surface area (Å²) >= 11 is 1.48. The molecule has 0 unspecified atom stereocenters. The molecule has 0 radical (unpaired) electrons. The van der Waals surface area contributed by atoms with Crippen molar-refractivity contribution in [1.82, 2.24) is 15.5 Å². The fraction of sp³-hybridized carbons (Fsp3) is 0.630. The highest BCUT2D eigenvalue weighted by Gasteiger charge is 2.43. The number of ether oxygens (including phenoxy) is 3. The summed E-state index contributed by atoms with van der Waals surface area (Å²) in [6.45, 7) is 0.0400. The van der Waals surface area contributed by atoms with Crippen LogP contribution in [0.3, 0.4) is 0 Å². The highest BCUT2D eigenvalue weighted by molar-refractivity contribution is 7.98. The topological polar surface area (TPSA) is 184 Å². The first-order valence-electron chi connectivity index (χ1n) is 13.5. The van der Waals surface area contributed by atoms with Crippen LogP contribution in [0.5, 0.6) is 0 Å². The van der Waals surface area contributed by atoms with Gasteiger partial charge in [0, 0.05) is 19.5 Å². The standard InChI is InChI=1S/C27H39N3O10S/c1-38-26(36)21-13-19(31)22(33)23(40-21)20(32)14-28-24(34)17(10-12-41-2)29-25(35)18-9-6-11-30(18)27(37)39-15-16-7-4-3-5-8-16/h3-5,7-8,17-23,31-33H,6,9-15H2,1-2H3,(H,28,34)(H,29,35)/t17-,18-,19+,20+,21-,22+,23+/m0/s1. The molecule has 2 heterocycles. The van der Waals surface area contributed by atoms with Gasteiger partial charge in [-0.3, -0.25) is 14.5 Å². The predicted molar refractivity (Wildman–Crippen MR) is 148 cm³/mol. The van der Waals surface area contributed by atoms with Crippen molar-refractivity contribution in [2.24, 2.45) is 0 Å². The van der Waals surface area contributed by atoms with E-state index in [1.807, 2.05) is 36.6 Å². The normalized spacial score (nSPS) is 25.6. The van der Waals surface area contributed by atoms with Gasteiger partial charge in [-0.05, 0) is 36.8 Å². The molecule has 2 fully saturated rings. The molecule has 2 aliphatic rings. The number of nitrogens with one attached hydrogen (secondary N) is 2. The van der Waals surface area contributed by atoms with Crippen LogP contribution in [0.1, 0.15) is 31.2 Å².